The lowest BCUT2D eigenvalue weighted by Gasteiger charge is -2.10. The molecular weight excluding hydrogens is 390 g/mol. The van der Waals surface area contributed by atoms with Crippen molar-refractivity contribution in [3.8, 4) is 11.5 Å². The van der Waals surface area contributed by atoms with Gasteiger partial charge in [-0.25, -0.2) is 0 Å². The molecule has 1 aromatic carbocycles. The topological polar surface area (TPSA) is 78.8 Å². The smallest absolute Gasteiger partial charge is 0.322 e. The highest BCUT2D eigenvalue weighted by molar-refractivity contribution is 5.73. The number of aromatic hydroxyl groups is 1. The van der Waals surface area contributed by atoms with Crippen molar-refractivity contribution >= 4 is 11.7 Å². The van der Waals surface area contributed by atoms with Gasteiger partial charge in [0, 0.05) is 23.9 Å². The number of anilines is 1. The fourth-order valence-corrected chi connectivity index (χ4v) is 3.79. The van der Waals surface area contributed by atoms with Crippen LogP contribution >= 0.6 is 0 Å². The first kappa shape index (κ1) is 27.1. The van der Waals surface area contributed by atoms with Crippen molar-refractivity contribution in [2.75, 3.05) is 18.5 Å². The highest BCUT2D eigenvalue weighted by atomic mass is 16.5. The molecule has 5 heteroatoms. The molecule has 31 heavy (non-hydrogen) atoms. The molecule has 0 unspecified atom stereocenters. The van der Waals surface area contributed by atoms with Gasteiger partial charge < -0.3 is 20.3 Å². The largest absolute Gasteiger partial charge is 0.508 e. The van der Waals surface area contributed by atoms with Crippen LogP contribution in [0.4, 0.5) is 5.69 Å². The lowest BCUT2D eigenvalue weighted by atomic mass is 10.0. The molecule has 3 N–H and O–H groups in total. The number of carboxylic acid groups (broad SMARTS) is 1. The molecule has 0 amide bonds. The maximum absolute atomic E-state index is 10.6. The molecule has 1 aromatic rings. The van der Waals surface area contributed by atoms with Gasteiger partial charge in [-0.3, -0.25) is 4.79 Å². The van der Waals surface area contributed by atoms with Crippen LogP contribution in [-0.4, -0.2) is 29.3 Å². The van der Waals surface area contributed by atoms with Crippen LogP contribution in [0.1, 0.15) is 110 Å². The highest BCUT2D eigenvalue weighted by Crippen LogP contribution is 2.25. The number of aliphatic carboxylic acids is 1. The number of nitrogens with one attached hydrogen (secondary N) is 1. The van der Waals surface area contributed by atoms with Gasteiger partial charge >= 0.3 is 5.97 Å². The maximum atomic E-state index is 10.6. The van der Waals surface area contributed by atoms with Crippen molar-refractivity contribution in [1.29, 1.82) is 0 Å². The summed E-state index contributed by atoms with van der Waals surface area (Å²) in [4.78, 5) is 10.6. The molecule has 0 bridgehead atoms. The zero-order chi connectivity index (χ0) is 22.6. The van der Waals surface area contributed by atoms with E-state index < -0.39 is 5.97 Å². The second kappa shape index (κ2) is 18.8. The van der Waals surface area contributed by atoms with Gasteiger partial charge in [0.1, 0.15) is 18.0 Å². The van der Waals surface area contributed by atoms with Crippen molar-refractivity contribution in [1.82, 2.24) is 0 Å². The number of ether oxygens (including phenoxy) is 1. The SMILES string of the molecule is CCCCCCCCCCCCCCCCCCOc1cc(O)cc(NCC(=O)O)c1. The van der Waals surface area contributed by atoms with Gasteiger partial charge in [0.25, 0.3) is 0 Å². The molecule has 0 saturated carbocycles. The van der Waals surface area contributed by atoms with Crippen molar-refractivity contribution < 1.29 is 19.7 Å². The molecule has 0 saturated heterocycles. The number of benzene rings is 1. The standard InChI is InChI=1S/C26H45NO4/c1-2-3-4-5-6-7-8-9-10-11-12-13-14-15-16-17-18-31-25-20-23(19-24(28)21-25)27-22-26(29)30/h19-21,27-28H,2-18,22H2,1H3,(H,29,30). The number of hydrogen-bond donors (Lipinski definition) is 3. The summed E-state index contributed by atoms with van der Waals surface area (Å²) in [6.07, 6.45) is 21.4. The summed E-state index contributed by atoms with van der Waals surface area (Å²) in [5, 5.41) is 21.2. The van der Waals surface area contributed by atoms with E-state index in [1.54, 1.807) is 12.1 Å². The van der Waals surface area contributed by atoms with E-state index in [4.69, 9.17) is 9.84 Å². The summed E-state index contributed by atoms with van der Waals surface area (Å²) >= 11 is 0. The number of unbranched alkanes of at least 4 members (excludes halogenated alkanes) is 15. The summed E-state index contributed by atoms with van der Waals surface area (Å²) in [5.74, 6) is -0.315. The number of rotatable bonds is 21. The lowest BCUT2D eigenvalue weighted by Crippen LogP contribution is -2.12. The van der Waals surface area contributed by atoms with Gasteiger partial charge in [0.15, 0.2) is 0 Å². The molecule has 0 fully saturated rings. The quantitative estimate of drug-likeness (QED) is 0.174. The monoisotopic (exact) mass is 435 g/mol. The molecular formula is C26H45NO4. The van der Waals surface area contributed by atoms with Crippen molar-refractivity contribution in [3.63, 3.8) is 0 Å². The normalized spacial score (nSPS) is 10.9. The number of hydrogen-bond acceptors (Lipinski definition) is 4. The van der Waals surface area contributed by atoms with E-state index in [2.05, 4.69) is 12.2 Å². The fraction of sp³-hybridized carbons (Fsp3) is 0.731. The van der Waals surface area contributed by atoms with Crippen molar-refractivity contribution in [2.45, 2.75) is 110 Å². The summed E-state index contributed by atoms with van der Waals surface area (Å²) in [6.45, 7) is 2.69. The van der Waals surface area contributed by atoms with Gasteiger partial charge in [-0.2, -0.15) is 0 Å². The van der Waals surface area contributed by atoms with Gasteiger partial charge in [-0.1, -0.05) is 103 Å². The molecule has 178 valence electrons. The van der Waals surface area contributed by atoms with E-state index in [0.717, 1.165) is 12.8 Å². The third kappa shape index (κ3) is 16.5. The molecule has 0 heterocycles. The Morgan fingerprint density at radius 2 is 1.26 bits per heavy atom. The second-order valence-electron chi connectivity index (χ2n) is 8.61. The summed E-state index contributed by atoms with van der Waals surface area (Å²) < 4.78 is 5.71. The minimum Gasteiger partial charge on any atom is -0.508 e. The van der Waals surface area contributed by atoms with Crippen molar-refractivity contribution in [3.05, 3.63) is 18.2 Å². The van der Waals surface area contributed by atoms with Gasteiger partial charge in [-0.15, -0.1) is 0 Å². The van der Waals surface area contributed by atoms with Crippen LogP contribution in [0.2, 0.25) is 0 Å². The summed E-state index contributed by atoms with van der Waals surface area (Å²) in [7, 11) is 0. The third-order valence-corrected chi connectivity index (χ3v) is 5.60. The average molecular weight is 436 g/mol. The Morgan fingerprint density at radius 1 is 0.774 bits per heavy atom. The Bertz CT molecular complexity index is 577. The van der Waals surface area contributed by atoms with Gasteiger partial charge in [-0.05, 0) is 6.42 Å². The fourth-order valence-electron chi connectivity index (χ4n) is 3.79. The van der Waals surface area contributed by atoms with E-state index in [0.29, 0.717) is 18.0 Å². The number of phenolic OH excluding ortho intramolecular Hbond substituents is 1. The van der Waals surface area contributed by atoms with Gasteiger partial charge in [0.05, 0.1) is 6.61 Å². The lowest BCUT2D eigenvalue weighted by molar-refractivity contribution is -0.134. The molecule has 0 atom stereocenters. The third-order valence-electron chi connectivity index (χ3n) is 5.60. The Balaban J connectivity index is 1.91. The highest BCUT2D eigenvalue weighted by Gasteiger charge is 2.03. The predicted molar refractivity (Wildman–Crippen MR) is 129 cm³/mol. The molecule has 0 spiro atoms. The molecule has 0 aliphatic heterocycles. The van der Waals surface area contributed by atoms with Crippen LogP contribution in [0.3, 0.4) is 0 Å². The van der Waals surface area contributed by atoms with E-state index >= 15 is 0 Å². The van der Waals surface area contributed by atoms with E-state index in [-0.39, 0.29) is 12.3 Å². The molecule has 0 radical (unpaired) electrons. The molecule has 0 aliphatic carbocycles. The first-order valence-electron chi connectivity index (χ1n) is 12.5. The van der Waals surface area contributed by atoms with Crippen LogP contribution in [-0.2, 0) is 4.79 Å². The second-order valence-corrected chi connectivity index (χ2v) is 8.61. The minimum atomic E-state index is -0.945. The van der Waals surface area contributed by atoms with Crippen LogP contribution in [0, 0.1) is 0 Å². The predicted octanol–water partition coefficient (Wildman–Crippen LogP) is 7.53. The zero-order valence-electron chi connectivity index (χ0n) is 19.7. The minimum absolute atomic E-state index is 0.0670. The maximum Gasteiger partial charge on any atom is 0.322 e. The first-order valence-corrected chi connectivity index (χ1v) is 12.5. The van der Waals surface area contributed by atoms with Crippen LogP contribution < -0.4 is 10.1 Å². The van der Waals surface area contributed by atoms with Crippen LogP contribution in [0.5, 0.6) is 11.5 Å². The number of carbonyl (C=O) groups is 1. The zero-order valence-corrected chi connectivity index (χ0v) is 19.7. The van der Waals surface area contributed by atoms with Crippen LogP contribution in [0.25, 0.3) is 0 Å². The van der Waals surface area contributed by atoms with Crippen LogP contribution in [0.15, 0.2) is 18.2 Å². The average Bonchev–Trinajstić information content (AvgIpc) is 2.74. The first-order chi connectivity index (χ1) is 15.1. The van der Waals surface area contributed by atoms with E-state index in [9.17, 15) is 9.90 Å². The molecule has 5 nitrogen and oxygen atoms in total. The summed E-state index contributed by atoms with van der Waals surface area (Å²) in [5.41, 5.74) is 0.546. The molecule has 0 aromatic heterocycles. The van der Waals surface area contributed by atoms with E-state index in [1.807, 2.05) is 0 Å². The Kier molecular flexibility index (Phi) is 16.5. The van der Waals surface area contributed by atoms with Crippen molar-refractivity contribution in [2.24, 2.45) is 0 Å². The molecule has 1 rings (SSSR count). The Morgan fingerprint density at radius 3 is 1.74 bits per heavy atom. The Labute approximate surface area is 189 Å². The van der Waals surface area contributed by atoms with E-state index in [1.165, 1.54) is 96.0 Å². The number of phenols is 1. The summed E-state index contributed by atoms with van der Waals surface area (Å²) in [6, 6.07) is 4.76. The van der Waals surface area contributed by atoms with Gasteiger partial charge in [0.2, 0.25) is 0 Å². The molecule has 0 aliphatic rings. The number of carboxylic acids is 1. The Hall–Kier alpha value is -1.91.